The van der Waals surface area contributed by atoms with E-state index in [9.17, 15) is 19.2 Å². The third-order valence-corrected chi connectivity index (χ3v) is 15.6. The number of H-pyrrole nitrogens is 1. The molecule has 16 rings (SSSR count). The van der Waals surface area contributed by atoms with Crippen molar-refractivity contribution in [2.24, 2.45) is 5.84 Å². The molecule has 0 bridgehead atoms. The van der Waals surface area contributed by atoms with Gasteiger partial charge in [-0.05, 0) is 197 Å². The summed E-state index contributed by atoms with van der Waals surface area (Å²) in [5, 5.41) is 34.7. The Balaban J connectivity index is 0.000000279. The number of aromatic nitrogens is 17. The molecule has 1 fully saturated rings. The first kappa shape index (κ1) is 94.7. The number of pyridine rings is 5. The maximum absolute atomic E-state index is 11.6. The van der Waals surface area contributed by atoms with Crippen LogP contribution in [0, 0.1) is 57.3 Å². The third kappa shape index (κ3) is 26.2. The van der Waals surface area contributed by atoms with Crippen LogP contribution in [0.25, 0.3) is 61.6 Å². The van der Waals surface area contributed by atoms with E-state index in [0.717, 1.165) is 50.5 Å². The van der Waals surface area contributed by atoms with Crippen LogP contribution in [0.15, 0.2) is 190 Å². The minimum absolute atomic E-state index is 0. The molecule has 1 aliphatic rings. The second kappa shape index (κ2) is 45.1. The molecule has 13 aromatic heterocycles. The molecule has 7 N–H and O–H groups in total. The van der Waals surface area contributed by atoms with Crippen LogP contribution in [-0.4, -0.2) is 133 Å². The van der Waals surface area contributed by atoms with Crippen molar-refractivity contribution in [3.63, 3.8) is 0 Å². The zero-order valence-electron chi connectivity index (χ0n) is 62.7. The predicted molar refractivity (Wildman–Crippen MR) is 446 cm³/mol. The molecule has 15 aromatic rings. The van der Waals surface area contributed by atoms with Gasteiger partial charge in [0.25, 0.3) is 0 Å². The highest BCUT2D eigenvalue weighted by Gasteiger charge is 2.53. The van der Waals surface area contributed by atoms with Crippen LogP contribution in [0.5, 0.6) is 11.5 Å². The van der Waals surface area contributed by atoms with Gasteiger partial charge in [0, 0.05) is 49.5 Å². The number of fused-ring (bicyclic) bond motifs is 9. The first-order valence-electron chi connectivity index (χ1n) is 33.9. The summed E-state index contributed by atoms with van der Waals surface area (Å²) in [4.78, 5) is 86.0. The molecule has 0 radical (unpaired) electrons. The van der Waals surface area contributed by atoms with Crippen LogP contribution in [0.4, 0.5) is 21.2 Å². The number of nitrogens with one attached hydrogen (secondary N) is 3. The minimum atomic E-state index is -0.738. The van der Waals surface area contributed by atoms with Crippen molar-refractivity contribution < 1.29 is 46.7 Å². The Kier molecular flexibility index (Phi) is 36.8. The average molecular weight is 1620 g/mol. The van der Waals surface area contributed by atoms with Gasteiger partial charge in [0.05, 0.1) is 57.5 Å². The molecule has 1 saturated heterocycles. The van der Waals surface area contributed by atoms with Crippen molar-refractivity contribution in [1.29, 1.82) is 10.5 Å². The number of hydrogen-bond acceptors (Lipinski definition) is 28. The van der Waals surface area contributed by atoms with Gasteiger partial charge in [-0.1, -0.05) is 66.1 Å². The second-order valence-corrected chi connectivity index (χ2v) is 24.7. The number of aromatic amines is 1. The lowest BCUT2D eigenvalue weighted by Crippen LogP contribution is -2.41. The van der Waals surface area contributed by atoms with E-state index in [4.69, 9.17) is 62.3 Å². The van der Waals surface area contributed by atoms with Crippen molar-refractivity contribution >= 4 is 115 Å². The van der Waals surface area contributed by atoms with Gasteiger partial charge in [-0.15, -0.1) is 15.3 Å². The Morgan fingerprint density at radius 3 is 1.50 bits per heavy atom. The highest BCUT2D eigenvalue weighted by Crippen LogP contribution is 2.37. The summed E-state index contributed by atoms with van der Waals surface area (Å²) in [5.74, 6) is 11.5. The number of benzene rings is 2. The second-order valence-electron chi connectivity index (χ2n) is 24.0. The third-order valence-electron chi connectivity index (χ3n) is 15.2. The van der Waals surface area contributed by atoms with E-state index in [1.807, 2.05) is 188 Å². The van der Waals surface area contributed by atoms with E-state index in [1.165, 1.54) is 22.2 Å². The van der Waals surface area contributed by atoms with Crippen LogP contribution in [-0.2, 0) is 23.6 Å². The fraction of sp³-hybridized carbons (Fsp3) is 0.253. The lowest BCUT2D eigenvalue weighted by Gasteiger charge is -2.32. The van der Waals surface area contributed by atoms with E-state index in [2.05, 4.69) is 90.8 Å². The summed E-state index contributed by atoms with van der Waals surface area (Å²) >= 11 is 10.7. The van der Waals surface area contributed by atoms with Crippen LogP contribution in [0.1, 0.15) is 118 Å². The van der Waals surface area contributed by atoms with Crippen LogP contribution < -0.4 is 38.4 Å². The number of furan rings is 2. The highest BCUT2D eigenvalue weighted by molar-refractivity contribution is 6.61. The normalized spacial score (nSPS) is 11.4. The summed E-state index contributed by atoms with van der Waals surface area (Å²) in [7, 11) is -0.385. The zero-order chi connectivity index (χ0) is 81.1. The first-order valence-corrected chi connectivity index (χ1v) is 34.7. The lowest BCUT2D eigenvalue weighted by atomic mass is 9.86. The number of carbonyl (C=O) groups is 3. The quantitative estimate of drug-likeness (QED) is 0.0247. The largest absolute Gasteiger partial charge is 0.532 e. The van der Waals surface area contributed by atoms with Gasteiger partial charge in [0.15, 0.2) is 39.8 Å². The van der Waals surface area contributed by atoms with E-state index in [-0.39, 0.29) is 77.3 Å². The summed E-state index contributed by atoms with van der Waals surface area (Å²) in [6.45, 7) is 22.7. The van der Waals surface area contributed by atoms with Crippen LogP contribution >= 0.6 is 23.2 Å². The highest BCUT2D eigenvalue weighted by atomic mass is 35.5. The molecule has 2 amide bonds. The molecule has 0 atom stereocenters. The van der Waals surface area contributed by atoms with Crippen molar-refractivity contribution in [1.82, 2.24) is 89.1 Å². The molecule has 14 heterocycles. The molecular formula is C79H92BCl2N23O11. The number of nitrogen functional groups attached to an aromatic ring is 1. The van der Waals surface area contributed by atoms with E-state index < -0.39 is 11.5 Å². The van der Waals surface area contributed by atoms with Crippen LogP contribution in [0.3, 0.4) is 0 Å². The van der Waals surface area contributed by atoms with Crippen molar-refractivity contribution in [3.05, 3.63) is 232 Å². The number of amides is 2. The van der Waals surface area contributed by atoms with Gasteiger partial charge < -0.3 is 38.1 Å². The SMILES string of the molecule is C.C.C.C.CC(=O)NN.CCOC(=O)Cl.CCOC(=O)Nc1ncccc1C#N.Cc1ccc(B2OC(C)(C)C(C)(C)O2)o1.Cc1nc2c3cccnc3[nH]c(=O)n2n1.Cc1nc2c3cccnc3nc(-c3ccc(C)o3)n2n1.Cc1nc2c3cccnc3nc(Cl)n2n1.N#Cc1cccnc1N.c1ccc(Oc2ccccc2)cc1. The number of carbonyl (C=O) groups excluding carboxylic acids is 3. The van der Waals surface area contributed by atoms with Gasteiger partial charge in [0.2, 0.25) is 17.0 Å². The number of hydrogen-bond donors (Lipinski definition) is 5. The molecule has 0 unspecified atom stereocenters. The number of rotatable bonds is 7. The molecule has 2 aromatic carbocycles. The Morgan fingerprint density at radius 1 is 0.569 bits per heavy atom. The van der Waals surface area contributed by atoms with Gasteiger partial charge in [-0.3, -0.25) is 20.5 Å². The predicted octanol–water partition coefficient (Wildman–Crippen LogP) is 14.8. The van der Waals surface area contributed by atoms with Gasteiger partial charge in [-0.2, -0.15) is 29.1 Å². The molecule has 116 heavy (non-hydrogen) atoms. The number of nitrogens with zero attached hydrogens (tertiary/aromatic N) is 18. The molecule has 0 saturated carbocycles. The van der Waals surface area contributed by atoms with E-state index >= 15 is 0 Å². The fourth-order valence-electron chi connectivity index (χ4n) is 9.48. The zero-order valence-corrected chi connectivity index (χ0v) is 64.2. The summed E-state index contributed by atoms with van der Waals surface area (Å²) in [6, 6.07) is 48.6. The lowest BCUT2D eigenvalue weighted by molar-refractivity contribution is -0.119. The number of ether oxygens (including phenoxy) is 3. The summed E-state index contributed by atoms with van der Waals surface area (Å²) < 4.78 is 41.7. The standard InChI is InChI=1S/C14H11N5O.C12H10O.C11H17BO3.C9H6ClN5.C9H7N5O.C9H9N3O2.C6H5N3.C3H5ClO2.C2H6N2O.4CH4/c1-8-5-6-11(20-8)14-17-12-10(4-3-7-15-12)13-16-9(2)18-19(13)14;1-3-7-11(8-4-1)13-12-9-5-2-6-10-12;1-8-6-7-9(13-8)12-14-10(2,3)11(4,5)15-12;1-5-12-8-6-3-2-4-11-7(6)13-9(10)15(8)14-5;1-5-11-8-6-3-2-4-10-7(6)12-9(15)14(8)13-5;1-2-14-9(13)12-8-7(6-10)4-3-5-11-8;7-4-5-2-1-3-9-6(5)8;1-2-6-3(4)5;1-2(5)4-3;;;;/h3-7H,1-2H3;1-10H;6-7H,1-5H3;2-4H,1H3;2-4H,1H3,(H,10,12,15);3-5H,2H2,1H3,(H,11,12,13);1-3H,(H2,8,9);2H2,1H3;3H2,1H3,(H,4,5);4*1H4. The molecule has 606 valence electrons. The molecule has 34 nitrogen and oxygen atoms in total. The van der Waals surface area contributed by atoms with Gasteiger partial charge >= 0.3 is 24.3 Å². The van der Waals surface area contributed by atoms with E-state index in [1.54, 1.807) is 80.4 Å². The number of aryl methyl sites for hydroxylation is 5. The number of para-hydroxylation sites is 2. The molecule has 1 aliphatic heterocycles. The number of nitrogens with two attached hydrogens (primary N) is 2. The first-order chi connectivity index (χ1) is 53.7. The Morgan fingerprint density at radius 2 is 1.03 bits per heavy atom. The van der Waals surface area contributed by atoms with Gasteiger partial charge in [-0.25, -0.2) is 65.1 Å². The fourth-order valence-corrected chi connectivity index (χ4v) is 9.79. The number of anilines is 2. The Bertz CT molecular complexity index is 5780. The molecule has 37 heteroatoms. The molecular weight excluding hydrogens is 1530 g/mol. The van der Waals surface area contributed by atoms with Crippen LogP contribution in [0.2, 0.25) is 5.28 Å². The van der Waals surface area contributed by atoms with Crippen molar-refractivity contribution in [3.8, 4) is 35.2 Å². The maximum atomic E-state index is 11.6. The number of nitriles is 2. The molecule has 0 aliphatic carbocycles. The summed E-state index contributed by atoms with van der Waals surface area (Å²) in [5.41, 5.74) is 10.7. The maximum Gasteiger partial charge on any atom is 0.532 e. The van der Waals surface area contributed by atoms with Gasteiger partial charge in [0.1, 0.15) is 64.0 Å². The van der Waals surface area contributed by atoms with Crippen molar-refractivity contribution in [2.45, 2.75) is 124 Å². The number of halogens is 2. The Hall–Kier alpha value is -13.7. The monoisotopic (exact) mass is 1620 g/mol. The topological polar surface area (TPSA) is 461 Å². The number of hydrazine groups is 1. The van der Waals surface area contributed by atoms with E-state index in [0.29, 0.717) is 80.8 Å². The van der Waals surface area contributed by atoms with Crippen molar-refractivity contribution in [2.75, 3.05) is 24.3 Å². The smallest absolute Gasteiger partial charge is 0.470 e. The Labute approximate surface area is 679 Å². The average Bonchev–Trinajstić information content (AvgIpc) is 1.55. The molecule has 0 spiro atoms. The minimum Gasteiger partial charge on any atom is -0.470 e. The summed E-state index contributed by atoms with van der Waals surface area (Å²) in [6.07, 6.45) is 7.44.